The van der Waals surface area contributed by atoms with E-state index < -0.39 is 0 Å². The largest absolute Gasteiger partial charge is 0.356 e. The highest BCUT2D eigenvalue weighted by molar-refractivity contribution is 14.0. The molecular weight excluding hydrogens is 413 g/mol. The van der Waals surface area contributed by atoms with Gasteiger partial charge >= 0.3 is 0 Å². The zero-order valence-corrected chi connectivity index (χ0v) is 18.2. The quantitative estimate of drug-likeness (QED) is 0.325. The predicted octanol–water partition coefficient (Wildman–Crippen LogP) is 3.62. The van der Waals surface area contributed by atoms with E-state index in [9.17, 15) is 0 Å². The van der Waals surface area contributed by atoms with E-state index in [0.717, 1.165) is 25.6 Å². The van der Waals surface area contributed by atoms with Crippen molar-refractivity contribution in [3.8, 4) is 0 Å². The van der Waals surface area contributed by atoms with Gasteiger partial charge in [0.15, 0.2) is 5.96 Å². The van der Waals surface area contributed by atoms with Crippen molar-refractivity contribution in [2.24, 2.45) is 17.5 Å². The van der Waals surface area contributed by atoms with Crippen LogP contribution in [0.5, 0.6) is 0 Å². The van der Waals surface area contributed by atoms with Crippen LogP contribution in [0.25, 0.3) is 0 Å². The van der Waals surface area contributed by atoms with Crippen molar-refractivity contribution in [1.82, 2.24) is 20.0 Å². The molecule has 0 aliphatic carbocycles. The van der Waals surface area contributed by atoms with Gasteiger partial charge in [0.2, 0.25) is 0 Å². The molecule has 6 heteroatoms. The van der Waals surface area contributed by atoms with Crippen molar-refractivity contribution >= 4 is 29.9 Å². The number of hydrogen-bond acceptors (Lipinski definition) is 2. The lowest BCUT2D eigenvalue weighted by molar-refractivity contribution is 0.359. The molecule has 1 saturated heterocycles. The molecule has 0 aromatic carbocycles. The monoisotopic (exact) mass is 447 g/mol. The van der Waals surface area contributed by atoms with Gasteiger partial charge in [-0.1, -0.05) is 27.2 Å². The van der Waals surface area contributed by atoms with E-state index in [-0.39, 0.29) is 24.0 Å². The summed E-state index contributed by atoms with van der Waals surface area (Å²) in [7, 11) is 3.86. The van der Waals surface area contributed by atoms with E-state index in [1.165, 1.54) is 31.2 Å². The van der Waals surface area contributed by atoms with Gasteiger partial charge in [-0.25, -0.2) is 0 Å². The van der Waals surface area contributed by atoms with Gasteiger partial charge in [0, 0.05) is 45.8 Å². The van der Waals surface area contributed by atoms with Crippen LogP contribution in [0.2, 0.25) is 0 Å². The maximum absolute atomic E-state index is 4.46. The lowest BCUT2D eigenvalue weighted by Gasteiger charge is -2.22. The summed E-state index contributed by atoms with van der Waals surface area (Å²) in [6.45, 7) is 10.0. The molecule has 1 aliphatic heterocycles. The maximum Gasteiger partial charge on any atom is 0.193 e. The van der Waals surface area contributed by atoms with E-state index in [1.54, 1.807) is 0 Å². The number of halogens is 1. The maximum atomic E-state index is 4.46. The summed E-state index contributed by atoms with van der Waals surface area (Å²) in [5, 5.41) is 7.82. The highest BCUT2D eigenvalue weighted by Gasteiger charge is 2.26. The SMILES string of the molecule is CN=C(NCCCCC(C)(C)C)N1CCC(c2cnn(C)c2)C1.I. The minimum atomic E-state index is 0. The Balaban J connectivity index is 0.00000288. The van der Waals surface area contributed by atoms with Gasteiger partial charge in [0.25, 0.3) is 0 Å². The summed E-state index contributed by atoms with van der Waals surface area (Å²) in [6, 6.07) is 0. The average Bonchev–Trinajstić information content (AvgIpc) is 3.10. The van der Waals surface area contributed by atoms with Gasteiger partial charge < -0.3 is 10.2 Å². The normalized spacial score (nSPS) is 18.6. The van der Waals surface area contributed by atoms with Crippen molar-refractivity contribution < 1.29 is 0 Å². The molecular formula is C18H34IN5. The molecule has 5 nitrogen and oxygen atoms in total. The van der Waals surface area contributed by atoms with Gasteiger partial charge in [-0.15, -0.1) is 24.0 Å². The van der Waals surface area contributed by atoms with E-state index >= 15 is 0 Å². The topological polar surface area (TPSA) is 45.5 Å². The average molecular weight is 447 g/mol. The molecule has 0 radical (unpaired) electrons. The van der Waals surface area contributed by atoms with Crippen LogP contribution in [-0.4, -0.2) is 47.3 Å². The number of aromatic nitrogens is 2. The summed E-state index contributed by atoms with van der Waals surface area (Å²) in [5.41, 5.74) is 1.78. The zero-order valence-electron chi connectivity index (χ0n) is 15.9. The molecule has 0 spiro atoms. The van der Waals surface area contributed by atoms with Crippen molar-refractivity contribution in [3.05, 3.63) is 18.0 Å². The lowest BCUT2D eigenvalue weighted by atomic mass is 9.90. The Morgan fingerprint density at radius 1 is 1.38 bits per heavy atom. The smallest absolute Gasteiger partial charge is 0.193 e. The zero-order chi connectivity index (χ0) is 16.9. The molecule has 2 rings (SSSR count). The first-order valence-corrected chi connectivity index (χ1v) is 8.83. The predicted molar refractivity (Wildman–Crippen MR) is 112 cm³/mol. The molecule has 2 heterocycles. The van der Waals surface area contributed by atoms with Crippen LogP contribution >= 0.6 is 24.0 Å². The van der Waals surface area contributed by atoms with Gasteiger partial charge in [0.05, 0.1) is 6.20 Å². The molecule has 0 bridgehead atoms. The van der Waals surface area contributed by atoms with Crippen molar-refractivity contribution in [1.29, 1.82) is 0 Å². The second-order valence-corrected chi connectivity index (χ2v) is 7.87. The van der Waals surface area contributed by atoms with E-state index in [4.69, 9.17) is 0 Å². The molecule has 1 N–H and O–H groups in total. The number of unbranched alkanes of at least 4 members (excludes halogenated alkanes) is 1. The number of rotatable bonds is 5. The number of guanidine groups is 1. The first kappa shape index (κ1) is 21.3. The number of aryl methyl sites for hydroxylation is 1. The standard InChI is InChI=1S/C18H33N5.HI/c1-18(2,3)9-6-7-10-20-17(19-4)23-11-8-15(14-23)16-12-21-22(5)13-16;/h12-13,15H,6-11,14H2,1-5H3,(H,19,20);1H. The van der Waals surface area contributed by atoms with E-state index in [1.807, 2.05) is 25.0 Å². The third-order valence-electron chi connectivity index (χ3n) is 4.53. The molecule has 1 aliphatic rings. The van der Waals surface area contributed by atoms with E-state index in [2.05, 4.69) is 47.3 Å². The minimum Gasteiger partial charge on any atom is -0.356 e. The van der Waals surface area contributed by atoms with Gasteiger partial charge in [0.1, 0.15) is 0 Å². The van der Waals surface area contributed by atoms with Crippen LogP contribution < -0.4 is 5.32 Å². The minimum absolute atomic E-state index is 0. The highest BCUT2D eigenvalue weighted by Crippen LogP contribution is 2.26. The van der Waals surface area contributed by atoms with Crippen LogP contribution in [0, 0.1) is 5.41 Å². The Labute approximate surface area is 164 Å². The number of nitrogens with zero attached hydrogens (tertiary/aromatic N) is 4. The van der Waals surface area contributed by atoms with Crippen LogP contribution in [0.1, 0.15) is 57.9 Å². The van der Waals surface area contributed by atoms with E-state index in [0.29, 0.717) is 11.3 Å². The van der Waals surface area contributed by atoms with Crippen molar-refractivity contribution in [2.75, 3.05) is 26.7 Å². The number of aliphatic imine (C=N–C) groups is 1. The first-order valence-electron chi connectivity index (χ1n) is 8.83. The fourth-order valence-electron chi connectivity index (χ4n) is 3.19. The molecule has 1 unspecified atom stereocenters. The molecule has 1 aromatic heterocycles. The second-order valence-electron chi connectivity index (χ2n) is 7.87. The summed E-state index contributed by atoms with van der Waals surface area (Å²) in [5.74, 6) is 1.62. The van der Waals surface area contributed by atoms with Crippen molar-refractivity contribution in [2.45, 2.75) is 52.4 Å². The van der Waals surface area contributed by atoms with Crippen molar-refractivity contribution in [3.63, 3.8) is 0 Å². The van der Waals surface area contributed by atoms with Gasteiger partial charge in [-0.05, 0) is 30.2 Å². The molecule has 1 aromatic rings. The van der Waals surface area contributed by atoms with Crippen LogP contribution in [0.4, 0.5) is 0 Å². The Morgan fingerprint density at radius 2 is 2.12 bits per heavy atom. The Kier molecular flexibility index (Phi) is 8.53. The fourth-order valence-corrected chi connectivity index (χ4v) is 3.19. The molecule has 24 heavy (non-hydrogen) atoms. The number of hydrogen-bond donors (Lipinski definition) is 1. The molecule has 138 valence electrons. The Hall–Kier alpha value is -0.790. The second kappa shape index (κ2) is 9.63. The van der Waals surface area contributed by atoms with Gasteiger partial charge in [-0.2, -0.15) is 5.10 Å². The summed E-state index contributed by atoms with van der Waals surface area (Å²) in [6.07, 6.45) is 9.06. The third kappa shape index (κ3) is 6.61. The summed E-state index contributed by atoms with van der Waals surface area (Å²) in [4.78, 5) is 6.84. The molecule has 0 amide bonds. The van der Waals surface area contributed by atoms with Crippen LogP contribution in [0.3, 0.4) is 0 Å². The molecule has 0 saturated carbocycles. The lowest BCUT2D eigenvalue weighted by Crippen LogP contribution is -2.40. The third-order valence-corrected chi connectivity index (χ3v) is 4.53. The van der Waals surface area contributed by atoms with Crippen LogP contribution in [0.15, 0.2) is 17.4 Å². The summed E-state index contributed by atoms with van der Waals surface area (Å²) >= 11 is 0. The number of nitrogens with one attached hydrogen (secondary N) is 1. The Bertz CT molecular complexity index is 518. The molecule has 1 atom stereocenters. The van der Waals surface area contributed by atoms with Gasteiger partial charge in [-0.3, -0.25) is 9.67 Å². The highest BCUT2D eigenvalue weighted by atomic mass is 127. The Morgan fingerprint density at radius 3 is 2.71 bits per heavy atom. The summed E-state index contributed by atoms with van der Waals surface area (Å²) < 4.78 is 1.89. The number of likely N-dealkylation sites (tertiary alicyclic amines) is 1. The van der Waals surface area contributed by atoms with Crippen LogP contribution in [-0.2, 0) is 7.05 Å². The molecule has 1 fully saturated rings. The fraction of sp³-hybridized carbons (Fsp3) is 0.778. The first-order chi connectivity index (χ1) is 10.9.